The third-order valence-corrected chi connectivity index (χ3v) is 5.44. The van der Waals surface area contributed by atoms with Crippen LogP contribution in [0.3, 0.4) is 0 Å². The summed E-state index contributed by atoms with van der Waals surface area (Å²) in [6, 6.07) is 14.8. The molecule has 1 atom stereocenters. The molecule has 31 heavy (non-hydrogen) atoms. The zero-order valence-corrected chi connectivity index (χ0v) is 17.6. The van der Waals surface area contributed by atoms with Gasteiger partial charge in [-0.05, 0) is 30.2 Å². The van der Waals surface area contributed by atoms with Crippen molar-refractivity contribution in [2.45, 2.75) is 26.1 Å². The fraction of sp³-hybridized carbons (Fsp3) is 0.391. The highest BCUT2D eigenvalue weighted by Gasteiger charge is 2.26. The van der Waals surface area contributed by atoms with E-state index in [0.29, 0.717) is 13.1 Å². The van der Waals surface area contributed by atoms with Crippen molar-refractivity contribution in [3.05, 3.63) is 59.7 Å². The summed E-state index contributed by atoms with van der Waals surface area (Å²) in [6.45, 7) is 5.70. The second kappa shape index (κ2) is 9.70. The summed E-state index contributed by atoms with van der Waals surface area (Å²) in [5, 5.41) is 2.63. The molecule has 1 N–H and O–H groups in total. The van der Waals surface area contributed by atoms with Gasteiger partial charge in [0.2, 0.25) is 12.7 Å². The van der Waals surface area contributed by atoms with Crippen molar-refractivity contribution < 1.29 is 23.8 Å². The average Bonchev–Trinajstić information content (AvgIpc) is 3.26. The highest BCUT2D eigenvalue weighted by atomic mass is 16.7. The summed E-state index contributed by atoms with van der Waals surface area (Å²) >= 11 is 0. The van der Waals surface area contributed by atoms with Gasteiger partial charge >= 0.3 is 6.09 Å². The van der Waals surface area contributed by atoms with E-state index in [-0.39, 0.29) is 19.3 Å². The molecule has 4 rings (SSSR count). The normalized spacial score (nSPS) is 16.6. The topological polar surface area (TPSA) is 80.3 Å². The first-order chi connectivity index (χ1) is 15.1. The molecule has 8 nitrogen and oxygen atoms in total. The first-order valence-electron chi connectivity index (χ1n) is 10.5. The molecule has 2 aromatic carbocycles. The molecule has 1 saturated heterocycles. The Balaban J connectivity index is 1.20. The number of ether oxygens (including phenoxy) is 3. The Morgan fingerprint density at radius 1 is 1.00 bits per heavy atom. The van der Waals surface area contributed by atoms with E-state index in [1.54, 1.807) is 11.8 Å². The molecule has 0 bridgehead atoms. The molecule has 8 heteroatoms. The molecule has 2 aromatic rings. The first kappa shape index (κ1) is 21.0. The van der Waals surface area contributed by atoms with Gasteiger partial charge in [-0.2, -0.15) is 0 Å². The van der Waals surface area contributed by atoms with Crippen molar-refractivity contribution in [3.8, 4) is 11.5 Å². The zero-order valence-electron chi connectivity index (χ0n) is 17.6. The largest absolute Gasteiger partial charge is 0.454 e. The van der Waals surface area contributed by atoms with E-state index < -0.39 is 12.1 Å². The maximum Gasteiger partial charge on any atom is 0.408 e. The third-order valence-electron chi connectivity index (χ3n) is 5.44. The average molecular weight is 425 g/mol. The van der Waals surface area contributed by atoms with Crippen LogP contribution >= 0.6 is 0 Å². The Labute approximate surface area is 181 Å². The predicted molar refractivity (Wildman–Crippen MR) is 114 cm³/mol. The summed E-state index contributed by atoms with van der Waals surface area (Å²) in [5.41, 5.74) is 2.05. The molecule has 2 aliphatic rings. The highest BCUT2D eigenvalue weighted by Crippen LogP contribution is 2.32. The lowest BCUT2D eigenvalue weighted by atomic mass is 10.1. The molecule has 0 aliphatic carbocycles. The Bertz CT molecular complexity index is 913. The van der Waals surface area contributed by atoms with Gasteiger partial charge < -0.3 is 24.4 Å². The van der Waals surface area contributed by atoms with Crippen molar-refractivity contribution in [2.75, 3.05) is 33.0 Å². The lowest BCUT2D eigenvalue weighted by Crippen LogP contribution is -2.53. The monoisotopic (exact) mass is 425 g/mol. The lowest BCUT2D eigenvalue weighted by molar-refractivity contribution is -0.134. The Morgan fingerprint density at radius 3 is 2.52 bits per heavy atom. The van der Waals surface area contributed by atoms with Crippen molar-refractivity contribution in [1.29, 1.82) is 0 Å². The summed E-state index contributed by atoms with van der Waals surface area (Å²) in [4.78, 5) is 28.8. The summed E-state index contributed by atoms with van der Waals surface area (Å²) in [7, 11) is 0. The molecular formula is C23H27N3O5. The summed E-state index contributed by atoms with van der Waals surface area (Å²) in [5.74, 6) is 1.47. The van der Waals surface area contributed by atoms with E-state index in [1.807, 2.05) is 48.5 Å². The molecule has 0 radical (unpaired) electrons. The lowest BCUT2D eigenvalue weighted by Gasteiger charge is -2.36. The zero-order chi connectivity index (χ0) is 21.6. The van der Waals surface area contributed by atoms with E-state index in [9.17, 15) is 9.59 Å². The third kappa shape index (κ3) is 5.46. The fourth-order valence-electron chi connectivity index (χ4n) is 3.70. The smallest absolute Gasteiger partial charge is 0.408 e. The number of hydrogen-bond donors (Lipinski definition) is 1. The molecule has 2 heterocycles. The van der Waals surface area contributed by atoms with E-state index in [2.05, 4.69) is 10.2 Å². The molecule has 2 aliphatic heterocycles. The molecule has 2 amide bonds. The summed E-state index contributed by atoms with van der Waals surface area (Å²) in [6.07, 6.45) is -0.592. The van der Waals surface area contributed by atoms with Gasteiger partial charge in [-0.1, -0.05) is 36.4 Å². The number of carbonyl (C=O) groups excluding carboxylic acids is 2. The Kier molecular flexibility index (Phi) is 6.57. The Morgan fingerprint density at radius 2 is 1.74 bits per heavy atom. The van der Waals surface area contributed by atoms with Gasteiger partial charge in [-0.25, -0.2) is 4.79 Å². The Hall–Kier alpha value is -3.26. The standard InChI is InChI=1S/C23H27N3O5/c1-17(24-23(28)29-15-18-5-3-2-4-6-18)22(27)26-11-9-25(10-12-26)14-19-7-8-20-21(13-19)31-16-30-20/h2-8,13,17H,9-12,14-16H2,1H3,(H,24,28)/t17-/m1/s1. The highest BCUT2D eigenvalue weighted by molar-refractivity contribution is 5.85. The van der Waals surface area contributed by atoms with Gasteiger partial charge in [0.15, 0.2) is 11.5 Å². The van der Waals surface area contributed by atoms with Gasteiger partial charge in [0.05, 0.1) is 0 Å². The van der Waals surface area contributed by atoms with Crippen LogP contribution in [0.2, 0.25) is 0 Å². The second-order valence-electron chi connectivity index (χ2n) is 7.72. The van der Waals surface area contributed by atoms with E-state index in [4.69, 9.17) is 14.2 Å². The van der Waals surface area contributed by atoms with Crippen molar-refractivity contribution in [2.24, 2.45) is 0 Å². The number of rotatable bonds is 6. The van der Waals surface area contributed by atoms with E-state index in [0.717, 1.165) is 42.3 Å². The quantitative estimate of drug-likeness (QED) is 0.766. The number of nitrogens with one attached hydrogen (secondary N) is 1. The summed E-state index contributed by atoms with van der Waals surface area (Å²) < 4.78 is 16.0. The van der Waals surface area contributed by atoms with Crippen LogP contribution in [0.4, 0.5) is 4.79 Å². The number of hydrogen-bond acceptors (Lipinski definition) is 6. The minimum atomic E-state index is -0.635. The molecule has 164 valence electrons. The van der Waals surface area contributed by atoms with Crippen LogP contribution in [0.25, 0.3) is 0 Å². The number of fused-ring (bicyclic) bond motifs is 1. The number of carbonyl (C=O) groups is 2. The van der Waals surface area contributed by atoms with Gasteiger partial charge in [-0.15, -0.1) is 0 Å². The number of benzene rings is 2. The van der Waals surface area contributed by atoms with Crippen molar-refractivity contribution in [1.82, 2.24) is 15.1 Å². The molecule has 0 unspecified atom stereocenters. The van der Waals surface area contributed by atoms with Crippen molar-refractivity contribution >= 4 is 12.0 Å². The molecule has 1 fully saturated rings. The second-order valence-corrected chi connectivity index (χ2v) is 7.72. The maximum atomic E-state index is 12.7. The number of nitrogens with zero attached hydrogens (tertiary/aromatic N) is 2. The number of alkyl carbamates (subject to hydrolysis) is 1. The predicted octanol–water partition coefficient (Wildman–Crippen LogP) is 2.37. The minimum Gasteiger partial charge on any atom is -0.454 e. The molecule has 0 spiro atoms. The molecule has 0 aromatic heterocycles. The van der Waals surface area contributed by atoms with Gasteiger partial charge in [0, 0.05) is 32.7 Å². The van der Waals surface area contributed by atoms with Gasteiger partial charge in [0.25, 0.3) is 0 Å². The van der Waals surface area contributed by atoms with Crippen molar-refractivity contribution in [3.63, 3.8) is 0 Å². The van der Waals surface area contributed by atoms with E-state index >= 15 is 0 Å². The van der Waals surface area contributed by atoms with Crippen LogP contribution < -0.4 is 14.8 Å². The number of amides is 2. The van der Waals surface area contributed by atoms with Crippen LogP contribution in [0, 0.1) is 0 Å². The van der Waals surface area contributed by atoms with E-state index in [1.165, 1.54) is 0 Å². The number of piperazine rings is 1. The first-order valence-corrected chi connectivity index (χ1v) is 10.5. The van der Waals surface area contributed by atoms with Crippen LogP contribution in [-0.2, 0) is 22.7 Å². The maximum absolute atomic E-state index is 12.7. The molecular weight excluding hydrogens is 398 g/mol. The van der Waals surface area contributed by atoms with Crippen LogP contribution in [0.1, 0.15) is 18.1 Å². The SMILES string of the molecule is C[C@@H](NC(=O)OCc1ccccc1)C(=O)N1CCN(Cc2ccc3c(c2)OCO3)CC1. The van der Waals surface area contributed by atoms with Gasteiger partial charge in [0.1, 0.15) is 12.6 Å². The van der Waals surface area contributed by atoms with Crippen LogP contribution in [0.5, 0.6) is 11.5 Å². The minimum absolute atomic E-state index is 0.0978. The van der Waals surface area contributed by atoms with Gasteiger partial charge in [-0.3, -0.25) is 9.69 Å². The molecule has 0 saturated carbocycles. The van der Waals surface area contributed by atoms with Crippen LogP contribution in [-0.4, -0.2) is 60.8 Å². The fourth-order valence-corrected chi connectivity index (χ4v) is 3.70. The van der Waals surface area contributed by atoms with Crippen LogP contribution in [0.15, 0.2) is 48.5 Å².